The molecule has 0 aliphatic heterocycles. The highest BCUT2D eigenvalue weighted by Gasteiger charge is 2.16. The molecular weight excluding hydrogens is 138 g/mol. The van der Waals surface area contributed by atoms with Gasteiger partial charge in [-0.2, -0.15) is 5.26 Å². The maximum Gasteiger partial charge on any atom is 0.142 e. The van der Waals surface area contributed by atoms with Gasteiger partial charge < -0.3 is 0 Å². The molecule has 8 heavy (non-hydrogen) atoms. The Labute approximate surface area is 60.9 Å². The van der Waals surface area contributed by atoms with Gasteiger partial charge in [0.2, 0.25) is 0 Å². The third-order valence-electron chi connectivity index (χ3n) is 0.778. The molecular formula is C5H9NS2. The van der Waals surface area contributed by atoms with E-state index in [2.05, 4.69) is 25.3 Å². The average Bonchev–Trinajstić information content (AvgIpc) is 1.67. The zero-order valence-corrected chi connectivity index (χ0v) is 6.54. The zero-order chi connectivity index (χ0) is 6.62. The molecule has 0 heterocycles. The fraction of sp³-hybridized carbons (Fsp3) is 0.800. The van der Waals surface area contributed by atoms with Crippen LogP contribution in [-0.4, -0.2) is 4.08 Å². The number of rotatable bonds is 2. The summed E-state index contributed by atoms with van der Waals surface area (Å²) in [4.78, 5) is 0. The summed E-state index contributed by atoms with van der Waals surface area (Å²) in [6, 6.07) is 1.97. The summed E-state index contributed by atoms with van der Waals surface area (Å²) in [5.41, 5.74) is 0. The van der Waals surface area contributed by atoms with E-state index >= 15 is 0 Å². The Morgan fingerprint density at radius 3 is 2.25 bits per heavy atom. The zero-order valence-electron chi connectivity index (χ0n) is 4.76. The summed E-state index contributed by atoms with van der Waals surface area (Å²) >= 11 is 7.94. The number of nitrogens with zero attached hydrogens (tertiary/aromatic N) is 1. The van der Waals surface area contributed by atoms with Gasteiger partial charge in [-0.25, -0.2) is 0 Å². The predicted octanol–water partition coefficient (Wildman–Crippen LogP) is 1.87. The molecule has 0 rings (SSSR count). The van der Waals surface area contributed by atoms with E-state index in [-0.39, 0.29) is 0 Å². The number of nitriles is 1. The van der Waals surface area contributed by atoms with Crippen molar-refractivity contribution >= 4 is 25.3 Å². The van der Waals surface area contributed by atoms with Crippen LogP contribution in [0.15, 0.2) is 0 Å². The van der Waals surface area contributed by atoms with Crippen molar-refractivity contribution in [3.63, 3.8) is 0 Å². The van der Waals surface area contributed by atoms with Gasteiger partial charge >= 0.3 is 0 Å². The fourth-order valence-electron chi connectivity index (χ4n) is 0.405. The second-order valence-electron chi connectivity index (χ2n) is 1.68. The van der Waals surface area contributed by atoms with Gasteiger partial charge in [-0.3, -0.25) is 0 Å². The molecule has 46 valence electrons. The lowest BCUT2D eigenvalue weighted by Crippen LogP contribution is -2.07. The second-order valence-corrected chi connectivity index (χ2v) is 3.56. The summed E-state index contributed by atoms with van der Waals surface area (Å²) in [7, 11) is 0. The molecule has 0 aliphatic carbocycles. The van der Waals surface area contributed by atoms with Crippen molar-refractivity contribution in [2.24, 2.45) is 0 Å². The molecule has 0 amide bonds. The van der Waals surface area contributed by atoms with E-state index in [1.165, 1.54) is 0 Å². The Hall–Kier alpha value is 0.190. The molecule has 0 atom stereocenters. The Morgan fingerprint density at radius 1 is 1.62 bits per heavy atom. The van der Waals surface area contributed by atoms with Gasteiger partial charge in [0.25, 0.3) is 0 Å². The molecule has 0 fully saturated rings. The van der Waals surface area contributed by atoms with E-state index in [1.54, 1.807) is 0 Å². The van der Waals surface area contributed by atoms with Crippen molar-refractivity contribution in [3.05, 3.63) is 0 Å². The molecule has 0 aliphatic rings. The van der Waals surface area contributed by atoms with Crippen molar-refractivity contribution in [2.75, 3.05) is 0 Å². The summed E-state index contributed by atoms with van der Waals surface area (Å²) in [6.07, 6.45) is 1.68. The lowest BCUT2D eigenvalue weighted by molar-refractivity contribution is 0.808. The van der Waals surface area contributed by atoms with Gasteiger partial charge in [-0.1, -0.05) is 13.3 Å². The minimum atomic E-state index is -0.714. The minimum absolute atomic E-state index is 0.714. The van der Waals surface area contributed by atoms with Crippen LogP contribution >= 0.6 is 25.3 Å². The highest BCUT2D eigenvalue weighted by Crippen LogP contribution is 2.23. The topological polar surface area (TPSA) is 23.8 Å². The van der Waals surface area contributed by atoms with Gasteiger partial charge in [0, 0.05) is 0 Å². The van der Waals surface area contributed by atoms with E-state index in [4.69, 9.17) is 5.26 Å². The normalized spacial score (nSPS) is 10.8. The van der Waals surface area contributed by atoms with Crippen LogP contribution in [-0.2, 0) is 0 Å². The molecule has 0 aromatic carbocycles. The molecule has 0 aromatic heterocycles. The molecule has 0 radical (unpaired) electrons. The number of thiol groups is 2. The van der Waals surface area contributed by atoms with E-state index < -0.39 is 4.08 Å². The van der Waals surface area contributed by atoms with E-state index in [1.807, 2.05) is 13.0 Å². The van der Waals surface area contributed by atoms with Crippen molar-refractivity contribution < 1.29 is 0 Å². The Kier molecular flexibility index (Phi) is 3.34. The Morgan fingerprint density at radius 2 is 2.12 bits per heavy atom. The average molecular weight is 147 g/mol. The summed E-state index contributed by atoms with van der Waals surface area (Å²) in [5.74, 6) is 0. The van der Waals surface area contributed by atoms with E-state index in [9.17, 15) is 0 Å². The molecule has 0 saturated heterocycles. The first kappa shape index (κ1) is 8.19. The highest BCUT2D eigenvalue weighted by atomic mass is 32.2. The molecule has 0 aromatic rings. The van der Waals surface area contributed by atoms with Crippen LogP contribution < -0.4 is 0 Å². The van der Waals surface area contributed by atoms with Crippen LogP contribution in [0.4, 0.5) is 0 Å². The molecule has 3 heteroatoms. The fourth-order valence-corrected chi connectivity index (χ4v) is 0.852. The number of hydrogen-bond acceptors (Lipinski definition) is 3. The molecule has 0 saturated carbocycles. The van der Waals surface area contributed by atoms with Crippen LogP contribution in [0, 0.1) is 11.3 Å². The van der Waals surface area contributed by atoms with Crippen molar-refractivity contribution in [1.29, 1.82) is 5.26 Å². The second kappa shape index (κ2) is 3.26. The number of hydrogen-bond donors (Lipinski definition) is 2. The van der Waals surface area contributed by atoms with Crippen molar-refractivity contribution in [2.45, 2.75) is 23.8 Å². The van der Waals surface area contributed by atoms with Gasteiger partial charge in [0.1, 0.15) is 4.08 Å². The quantitative estimate of drug-likeness (QED) is 0.452. The van der Waals surface area contributed by atoms with Crippen LogP contribution in [0.3, 0.4) is 0 Å². The van der Waals surface area contributed by atoms with Gasteiger partial charge in [-0.05, 0) is 6.42 Å². The van der Waals surface area contributed by atoms with Gasteiger partial charge in [0.05, 0.1) is 6.07 Å². The van der Waals surface area contributed by atoms with Crippen molar-refractivity contribution in [3.8, 4) is 6.07 Å². The highest BCUT2D eigenvalue weighted by molar-refractivity contribution is 8.01. The smallest absolute Gasteiger partial charge is 0.142 e. The standard InChI is InChI=1S/C5H9NS2/c1-2-3-5(7,8)4-6/h7-8H,2-3H2,1H3. The Bertz CT molecular complexity index is 103. The van der Waals surface area contributed by atoms with Crippen LogP contribution in [0.5, 0.6) is 0 Å². The summed E-state index contributed by atoms with van der Waals surface area (Å²) in [5, 5.41) is 8.32. The first-order valence-electron chi connectivity index (χ1n) is 2.48. The molecule has 0 spiro atoms. The largest absolute Gasteiger partial charge is 0.196 e. The third kappa shape index (κ3) is 3.23. The molecule has 0 N–H and O–H groups in total. The lowest BCUT2D eigenvalue weighted by Gasteiger charge is -2.09. The lowest BCUT2D eigenvalue weighted by atomic mass is 10.2. The maximum atomic E-state index is 8.32. The maximum absolute atomic E-state index is 8.32. The molecule has 0 unspecified atom stereocenters. The summed E-state index contributed by atoms with van der Waals surface area (Å²) in [6.45, 7) is 2.00. The van der Waals surface area contributed by atoms with E-state index in [0.717, 1.165) is 12.8 Å². The first-order valence-corrected chi connectivity index (χ1v) is 3.38. The minimum Gasteiger partial charge on any atom is -0.196 e. The summed E-state index contributed by atoms with van der Waals surface area (Å²) < 4.78 is -0.714. The first-order chi connectivity index (χ1) is 3.62. The predicted molar refractivity (Wildman–Crippen MR) is 41.2 cm³/mol. The van der Waals surface area contributed by atoms with E-state index in [0.29, 0.717) is 0 Å². The monoisotopic (exact) mass is 147 g/mol. The SMILES string of the molecule is CCCC(S)(S)C#N. The van der Waals surface area contributed by atoms with Gasteiger partial charge in [0.15, 0.2) is 0 Å². The third-order valence-corrected chi connectivity index (χ3v) is 1.42. The van der Waals surface area contributed by atoms with Gasteiger partial charge in [-0.15, -0.1) is 25.3 Å². The van der Waals surface area contributed by atoms with Crippen LogP contribution in [0.1, 0.15) is 19.8 Å². The molecule has 0 bridgehead atoms. The Balaban J connectivity index is 3.59. The van der Waals surface area contributed by atoms with Crippen molar-refractivity contribution in [1.82, 2.24) is 0 Å². The van der Waals surface area contributed by atoms with Crippen LogP contribution in [0.2, 0.25) is 0 Å². The van der Waals surface area contributed by atoms with Crippen LogP contribution in [0.25, 0.3) is 0 Å². The molecule has 1 nitrogen and oxygen atoms in total.